The van der Waals surface area contributed by atoms with Gasteiger partial charge in [-0.15, -0.1) is 0 Å². The second-order valence-electron chi connectivity index (χ2n) is 7.99. The van der Waals surface area contributed by atoms with Gasteiger partial charge in [-0.2, -0.15) is 5.10 Å². The van der Waals surface area contributed by atoms with E-state index >= 15 is 0 Å². The molecule has 1 N–H and O–H groups in total. The molecule has 3 aromatic rings. The number of carbonyl (C=O) groups excluding carboxylic acids is 1. The number of anilines is 1. The van der Waals surface area contributed by atoms with E-state index in [1.165, 1.54) is 10.7 Å². The fraction of sp³-hybridized carbons (Fsp3) is 0.217. The van der Waals surface area contributed by atoms with E-state index in [1.807, 2.05) is 25.1 Å². The first-order chi connectivity index (χ1) is 14.3. The van der Waals surface area contributed by atoms with Crippen molar-refractivity contribution in [1.29, 1.82) is 0 Å². The number of nitrogens with one attached hydrogen (secondary N) is 1. The maximum atomic E-state index is 12.7. The van der Waals surface area contributed by atoms with Crippen LogP contribution in [0.5, 0.6) is 0 Å². The number of aryl methyl sites for hydroxylation is 1. The van der Waals surface area contributed by atoms with Crippen LogP contribution in [0.2, 0.25) is 0 Å². The van der Waals surface area contributed by atoms with E-state index in [9.17, 15) is 9.59 Å². The van der Waals surface area contributed by atoms with Crippen molar-refractivity contribution >= 4 is 24.0 Å². The zero-order valence-electron chi connectivity index (χ0n) is 18.1. The van der Waals surface area contributed by atoms with Gasteiger partial charge in [0.15, 0.2) is 0 Å². The molecule has 31 heavy (non-hydrogen) atoms. The molecular formula is C23H22N5O2Rb. The quantitative estimate of drug-likeness (QED) is 0.573. The molecule has 1 aliphatic carbocycles. The molecule has 0 unspecified atom stereocenters. The number of hydrogen-bond acceptors (Lipinski definition) is 4. The summed E-state index contributed by atoms with van der Waals surface area (Å²) < 4.78 is 1.36. The Labute approximate surface area is 229 Å². The topological polar surface area (TPSA) is 91.0 Å². The molecule has 0 aliphatic heterocycles. The van der Waals surface area contributed by atoms with Gasteiger partial charge in [0.05, 0.1) is 12.7 Å². The average Bonchev–Trinajstić information content (AvgIpc) is 3.03. The minimum absolute atomic E-state index is 0. The summed E-state index contributed by atoms with van der Waals surface area (Å²) in [6, 6.07) is 8.60. The molecule has 7 nitrogen and oxygen atoms in total. The summed E-state index contributed by atoms with van der Waals surface area (Å²) in [5, 5.41) is 6.89. The van der Waals surface area contributed by atoms with Crippen LogP contribution in [0.25, 0.3) is 12.2 Å². The molecule has 0 saturated heterocycles. The van der Waals surface area contributed by atoms with Gasteiger partial charge in [-0.05, 0) is 24.1 Å². The number of fused-ring (bicyclic) bond motifs is 1. The van der Waals surface area contributed by atoms with Crippen molar-refractivity contribution in [2.24, 2.45) is 5.41 Å². The number of amides is 1. The Morgan fingerprint density at radius 2 is 1.97 bits per heavy atom. The first kappa shape index (κ1) is 23.7. The summed E-state index contributed by atoms with van der Waals surface area (Å²) in [4.78, 5) is 33.6. The predicted octanol–water partition coefficient (Wildman–Crippen LogP) is 0.275. The number of allylic oxidation sites excluding steroid dienone is 2. The fourth-order valence-corrected chi connectivity index (χ4v) is 3.11. The summed E-state index contributed by atoms with van der Waals surface area (Å²) in [6.07, 6.45) is 9.59. The third-order valence-electron chi connectivity index (χ3n) is 4.81. The third kappa shape index (κ3) is 5.86. The van der Waals surface area contributed by atoms with Gasteiger partial charge < -0.3 is 15.3 Å². The maximum Gasteiger partial charge on any atom is 1.00 e. The number of imidazole rings is 1. The number of hydrogen-bond donors (Lipinski definition) is 1. The number of carbonyl (C=O) groups is 1. The summed E-state index contributed by atoms with van der Waals surface area (Å²) >= 11 is 0. The number of aromatic nitrogens is 4. The van der Waals surface area contributed by atoms with E-state index in [4.69, 9.17) is 0 Å². The van der Waals surface area contributed by atoms with Crippen LogP contribution in [0.15, 0.2) is 53.5 Å². The summed E-state index contributed by atoms with van der Waals surface area (Å²) in [7, 11) is 0. The van der Waals surface area contributed by atoms with E-state index in [2.05, 4.69) is 46.4 Å². The molecule has 2 aromatic heterocycles. The van der Waals surface area contributed by atoms with Crippen molar-refractivity contribution in [3.8, 4) is 0 Å². The fourth-order valence-electron chi connectivity index (χ4n) is 3.11. The SMILES string of the molecule is Cc1cnn(Cc2cccc(C(=O)Nc3nc4c([n-]3)C=CC(C)(C)C=C4)c2)c(=O)c1.[Rb+]. The molecule has 0 radical (unpaired) electrons. The Balaban J connectivity index is 0.00000272. The van der Waals surface area contributed by atoms with E-state index in [1.54, 1.807) is 24.4 Å². The average molecular weight is 486 g/mol. The summed E-state index contributed by atoms with van der Waals surface area (Å²) in [6.45, 7) is 6.30. The molecule has 0 bridgehead atoms. The van der Waals surface area contributed by atoms with Gasteiger partial charge in [0.2, 0.25) is 5.91 Å². The van der Waals surface area contributed by atoms with Gasteiger partial charge in [0.25, 0.3) is 5.56 Å². The summed E-state index contributed by atoms with van der Waals surface area (Å²) in [5.74, 6) is -0.0460. The smallest absolute Gasteiger partial charge is 0.379 e. The number of benzene rings is 1. The second kappa shape index (κ2) is 9.69. The molecule has 0 spiro atoms. The number of nitrogens with zero attached hydrogens (tertiary/aromatic N) is 4. The van der Waals surface area contributed by atoms with Crippen LogP contribution in [0.4, 0.5) is 5.95 Å². The van der Waals surface area contributed by atoms with E-state index < -0.39 is 0 Å². The van der Waals surface area contributed by atoms with Gasteiger partial charge in [-0.25, -0.2) is 4.68 Å². The molecule has 1 aliphatic rings. The van der Waals surface area contributed by atoms with Gasteiger partial charge in [0.1, 0.15) is 0 Å². The Hall–Kier alpha value is -1.93. The molecule has 4 rings (SSSR count). The van der Waals surface area contributed by atoms with E-state index in [0.29, 0.717) is 5.56 Å². The van der Waals surface area contributed by atoms with Crippen LogP contribution in [0, 0.1) is 12.3 Å². The van der Waals surface area contributed by atoms with Crippen LogP contribution >= 0.6 is 0 Å². The zero-order chi connectivity index (χ0) is 21.3. The van der Waals surface area contributed by atoms with Crippen molar-refractivity contribution in [2.45, 2.75) is 27.3 Å². The molecule has 152 valence electrons. The Morgan fingerprint density at radius 1 is 1.19 bits per heavy atom. The maximum absolute atomic E-state index is 12.7. The minimum Gasteiger partial charge on any atom is -0.379 e. The summed E-state index contributed by atoms with van der Waals surface area (Å²) in [5.41, 5.74) is 3.28. The minimum atomic E-state index is -0.311. The molecule has 8 heteroatoms. The van der Waals surface area contributed by atoms with Gasteiger partial charge in [0, 0.05) is 34.4 Å². The van der Waals surface area contributed by atoms with Crippen molar-refractivity contribution in [1.82, 2.24) is 19.7 Å². The molecule has 0 saturated carbocycles. The Kier molecular flexibility index (Phi) is 7.41. The Morgan fingerprint density at radius 3 is 2.74 bits per heavy atom. The standard InChI is InChI=1S/C23H23N5O2.Rb/c1-15-11-20(29)28(24-13-15)14-16-5-4-6-17(12-16)21(30)27-22-25-18-7-9-23(2,3)10-8-19(18)26-22;/h4-13H,14H2,1-3H3,(H2,24,25,26,27,29,30);/q;+1/p-1. The third-order valence-corrected chi connectivity index (χ3v) is 4.81. The zero-order valence-corrected chi connectivity index (χ0v) is 23.0. The number of rotatable bonds is 4. The first-order valence-corrected chi connectivity index (χ1v) is 9.66. The van der Waals surface area contributed by atoms with Gasteiger partial charge in [-0.1, -0.05) is 56.4 Å². The van der Waals surface area contributed by atoms with Crippen molar-refractivity contribution < 1.29 is 63.0 Å². The van der Waals surface area contributed by atoms with E-state index in [-0.39, 0.29) is 87.6 Å². The van der Waals surface area contributed by atoms with Crippen LogP contribution in [-0.2, 0) is 6.54 Å². The van der Waals surface area contributed by atoms with Crippen molar-refractivity contribution in [2.75, 3.05) is 5.32 Å². The molecule has 1 amide bonds. The van der Waals surface area contributed by atoms with Crippen LogP contribution in [-0.4, -0.2) is 20.7 Å². The van der Waals surface area contributed by atoms with Gasteiger partial charge >= 0.3 is 58.2 Å². The molecule has 0 fully saturated rings. The first-order valence-electron chi connectivity index (χ1n) is 9.66. The predicted molar refractivity (Wildman–Crippen MR) is 116 cm³/mol. The van der Waals surface area contributed by atoms with Crippen molar-refractivity contribution in [3.05, 3.63) is 87.1 Å². The van der Waals surface area contributed by atoms with Crippen LogP contribution < -0.4 is 74.0 Å². The second-order valence-corrected chi connectivity index (χ2v) is 7.99. The molecule has 0 atom stereocenters. The van der Waals surface area contributed by atoms with Crippen LogP contribution in [0.1, 0.15) is 46.7 Å². The Bertz CT molecular complexity index is 1200. The normalized spacial score (nSPS) is 13.8. The van der Waals surface area contributed by atoms with Gasteiger partial charge in [-0.3, -0.25) is 9.59 Å². The largest absolute Gasteiger partial charge is 1.00 e. The molecular weight excluding hydrogens is 464 g/mol. The molecule has 1 aromatic carbocycles. The molecule has 2 heterocycles. The van der Waals surface area contributed by atoms with Crippen molar-refractivity contribution in [3.63, 3.8) is 0 Å². The van der Waals surface area contributed by atoms with E-state index in [0.717, 1.165) is 22.5 Å². The monoisotopic (exact) mass is 485 g/mol. The van der Waals surface area contributed by atoms with Crippen LogP contribution in [0.3, 0.4) is 0 Å².